The van der Waals surface area contributed by atoms with E-state index >= 15 is 0 Å². The summed E-state index contributed by atoms with van der Waals surface area (Å²) in [6.07, 6.45) is 2.63. The Morgan fingerprint density at radius 2 is 1.90 bits per heavy atom. The maximum atomic E-state index is 14.0. The Labute approximate surface area is 117 Å². The molecule has 1 aromatic rings. The Balaban J connectivity index is 2.20. The Hall–Kier alpha value is -1.49. The molecule has 6 heteroatoms. The van der Waals surface area contributed by atoms with Gasteiger partial charge in [-0.25, -0.2) is 9.37 Å². The third-order valence-electron chi connectivity index (χ3n) is 3.59. The van der Waals surface area contributed by atoms with Crippen LogP contribution in [0, 0.1) is 5.95 Å². The summed E-state index contributed by atoms with van der Waals surface area (Å²) in [6, 6.07) is 2.73. The highest BCUT2D eigenvalue weighted by atomic mass is 19.1. The molecule has 1 aliphatic heterocycles. The first kappa shape index (κ1) is 14.9. The molecule has 1 fully saturated rings. The molecule has 0 atom stereocenters. The van der Waals surface area contributed by atoms with E-state index in [1.807, 2.05) is 27.7 Å². The fourth-order valence-corrected chi connectivity index (χ4v) is 1.67. The minimum absolute atomic E-state index is 0.462. The molecule has 0 aromatic carbocycles. The van der Waals surface area contributed by atoms with Crippen LogP contribution in [-0.4, -0.2) is 23.3 Å². The standard InChI is InChI=1S/C14H16BF2NO2/c1-13(2)14(3,4)20-15(19-13)11(16)6-5-10-7-8-18-12(17)9-10/h5,7-9H,1-4H3. The molecule has 0 amide bonds. The monoisotopic (exact) mass is 279 g/mol. The van der Waals surface area contributed by atoms with Crippen LogP contribution in [-0.2, 0) is 9.31 Å². The maximum absolute atomic E-state index is 14.0. The van der Waals surface area contributed by atoms with Gasteiger partial charge in [-0.2, -0.15) is 4.39 Å². The van der Waals surface area contributed by atoms with E-state index in [9.17, 15) is 8.78 Å². The minimum Gasteiger partial charge on any atom is -0.397 e. The first-order chi connectivity index (χ1) is 9.21. The highest BCUT2D eigenvalue weighted by Gasteiger charge is 2.53. The zero-order chi connectivity index (χ0) is 15.0. The van der Waals surface area contributed by atoms with E-state index < -0.39 is 30.0 Å². The number of aromatic nitrogens is 1. The topological polar surface area (TPSA) is 31.4 Å². The highest BCUT2D eigenvalue weighted by molar-refractivity contribution is 6.53. The Morgan fingerprint density at radius 1 is 1.30 bits per heavy atom. The summed E-state index contributed by atoms with van der Waals surface area (Å²) in [5.74, 6) is -0.628. The van der Waals surface area contributed by atoms with Crippen LogP contribution in [0.15, 0.2) is 29.8 Å². The minimum atomic E-state index is -1.09. The van der Waals surface area contributed by atoms with Gasteiger partial charge in [0.2, 0.25) is 5.95 Å². The smallest absolute Gasteiger partial charge is 0.397 e. The van der Waals surface area contributed by atoms with Gasteiger partial charge in [0, 0.05) is 12.3 Å². The highest BCUT2D eigenvalue weighted by Crippen LogP contribution is 2.38. The van der Waals surface area contributed by atoms with Crippen LogP contribution in [0.1, 0.15) is 33.3 Å². The molecule has 0 N–H and O–H groups in total. The molecule has 1 saturated heterocycles. The van der Waals surface area contributed by atoms with E-state index in [4.69, 9.17) is 9.31 Å². The van der Waals surface area contributed by atoms with E-state index in [2.05, 4.69) is 10.7 Å². The first-order valence-corrected chi connectivity index (χ1v) is 6.30. The lowest BCUT2D eigenvalue weighted by molar-refractivity contribution is 0.00578. The second kappa shape index (κ2) is 5.13. The quantitative estimate of drug-likeness (QED) is 0.473. The van der Waals surface area contributed by atoms with Gasteiger partial charge >= 0.3 is 7.12 Å². The molecule has 0 bridgehead atoms. The average Bonchev–Trinajstić information content (AvgIpc) is 2.56. The van der Waals surface area contributed by atoms with Gasteiger partial charge in [0.15, 0.2) is 5.73 Å². The summed E-state index contributed by atoms with van der Waals surface area (Å²) in [5.41, 5.74) is 0.983. The molecule has 2 rings (SSSR count). The number of pyridine rings is 1. The van der Waals surface area contributed by atoms with Crippen LogP contribution in [0.4, 0.5) is 8.78 Å². The number of hydrogen-bond donors (Lipinski definition) is 0. The lowest BCUT2D eigenvalue weighted by Gasteiger charge is -2.32. The van der Waals surface area contributed by atoms with Crippen LogP contribution in [0.2, 0.25) is 0 Å². The summed E-state index contributed by atoms with van der Waals surface area (Å²) < 4.78 is 38.0. The molecule has 0 radical (unpaired) electrons. The van der Waals surface area contributed by atoms with Crippen LogP contribution in [0.25, 0.3) is 6.08 Å². The van der Waals surface area contributed by atoms with Crippen molar-refractivity contribution < 1.29 is 18.1 Å². The molecule has 1 aromatic heterocycles. The van der Waals surface area contributed by atoms with Crippen LogP contribution in [0.5, 0.6) is 0 Å². The summed E-state index contributed by atoms with van der Waals surface area (Å²) in [6.45, 7) is 7.34. The molecule has 0 unspecified atom stereocenters. The largest absolute Gasteiger partial charge is 0.533 e. The number of nitrogens with zero attached hydrogens (tertiary/aromatic N) is 1. The number of rotatable bonds is 2. The lowest BCUT2D eigenvalue weighted by Crippen LogP contribution is -2.41. The maximum Gasteiger partial charge on any atom is 0.533 e. The second-order valence-electron chi connectivity index (χ2n) is 5.64. The molecule has 3 nitrogen and oxygen atoms in total. The predicted molar refractivity (Wildman–Crippen MR) is 72.9 cm³/mol. The molecule has 1 aliphatic rings. The van der Waals surface area contributed by atoms with Crippen molar-refractivity contribution >= 4 is 13.2 Å². The second-order valence-corrected chi connectivity index (χ2v) is 5.64. The fraction of sp³-hybridized carbons (Fsp3) is 0.429. The van der Waals surface area contributed by atoms with Crippen molar-refractivity contribution in [2.45, 2.75) is 38.9 Å². The van der Waals surface area contributed by atoms with Crippen LogP contribution in [0.3, 0.4) is 0 Å². The molecule has 2 heterocycles. The third kappa shape index (κ3) is 2.98. The van der Waals surface area contributed by atoms with Crippen molar-refractivity contribution in [2.24, 2.45) is 0 Å². The van der Waals surface area contributed by atoms with Gasteiger partial charge in [-0.05, 0) is 45.4 Å². The number of halogens is 2. The van der Waals surface area contributed by atoms with Crippen molar-refractivity contribution in [2.75, 3.05) is 0 Å². The van der Waals surface area contributed by atoms with Gasteiger partial charge in [-0.15, -0.1) is 0 Å². The SMILES string of the molecule is CC1(C)OB(C(F)=C=Cc2ccnc(F)c2)OC1(C)C. The Kier molecular flexibility index (Phi) is 3.83. The molecule has 106 valence electrons. The van der Waals surface area contributed by atoms with Crippen LogP contribution >= 0.6 is 0 Å². The molecule has 20 heavy (non-hydrogen) atoms. The van der Waals surface area contributed by atoms with Gasteiger partial charge in [-0.1, -0.05) is 5.73 Å². The molecule has 0 saturated carbocycles. The molecular weight excluding hydrogens is 263 g/mol. The van der Waals surface area contributed by atoms with E-state index in [-0.39, 0.29) is 0 Å². The fourth-order valence-electron chi connectivity index (χ4n) is 1.67. The van der Waals surface area contributed by atoms with Crippen LogP contribution < -0.4 is 0 Å². The summed E-state index contributed by atoms with van der Waals surface area (Å²) >= 11 is 0. The van der Waals surface area contributed by atoms with Crippen molar-refractivity contribution in [3.05, 3.63) is 41.3 Å². The van der Waals surface area contributed by atoms with Crippen molar-refractivity contribution in [3.8, 4) is 0 Å². The van der Waals surface area contributed by atoms with Gasteiger partial charge in [0.05, 0.1) is 11.2 Å². The summed E-state index contributed by atoms with van der Waals surface area (Å²) in [7, 11) is -1.09. The summed E-state index contributed by atoms with van der Waals surface area (Å²) in [5, 5.41) is 0. The molecular formula is C14H16BF2NO2. The Morgan fingerprint density at radius 3 is 2.45 bits per heavy atom. The van der Waals surface area contributed by atoms with Crippen molar-refractivity contribution in [3.63, 3.8) is 0 Å². The van der Waals surface area contributed by atoms with Gasteiger partial charge < -0.3 is 9.31 Å². The zero-order valence-corrected chi connectivity index (χ0v) is 11.9. The first-order valence-electron chi connectivity index (χ1n) is 6.30. The van der Waals surface area contributed by atoms with E-state index in [1.54, 1.807) is 6.07 Å². The van der Waals surface area contributed by atoms with Crippen molar-refractivity contribution in [1.82, 2.24) is 4.98 Å². The van der Waals surface area contributed by atoms with E-state index in [0.717, 1.165) is 0 Å². The van der Waals surface area contributed by atoms with E-state index in [0.29, 0.717) is 5.56 Å². The average molecular weight is 279 g/mol. The molecule has 0 spiro atoms. The Bertz CT molecular complexity index is 564. The zero-order valence-electron chi connectivity index (χ0n) is 11.9. The normalized spacial score (nSPS) is 19.6. The third-order valence-corrected chi connectivity index (χ3v) is 3.59. The van der Waals surface area contributed by atoms with E-state index in [1.165, 1.54) is 18.3 Å². The predicted octanol–water partition coefficient (Wildman–Crippen LogP) is 3.32. The van der Waals surface area contributed by atoms with Gasteiger partial charge in [0.25, 0.3) is 0 Å². The number of hydrogen-bond acceptors (Lipinski definition) is 3. The summed E-state index contributed by atoms with van der Waals surface area (Å²) in [4.78, 5) is 3.42. The lowest BCUT2D eigenvalue weighted by atomic mass is 9.88. The molecule has 0 aliphatic carbocycles. The van der Waals surface area contributed by atoms with Crippen molar-refractivity contribution in [1.29, 1.82) is 0 Å². The van der Waals surface area contributed by atoms with Gasteiger partial charge in [-0.3, -0.25) is 0 Å². The van der Waals surface area contributed by atoms with Gasteiger partial charge in [0.1, 0.15) is 0 Å².